The number of guanidine groups is 1. The van der Waals surface area contributed by atoms with Crippen molar-refractivity contribution in [3.63, 3.8) is 0 Å². The van der Waals surface area contributed by atoms with Crippen molar-refractivity contribution in [2.24, 2.45) is 16.6 Å². The van der Waals surface area contributed by atoms with Crippen LogP contribution < -0.4 is 22.3 Å². The molecule has 0 fully saturated rings. The van der Waals surface area contributed by atoms with Crippen molar-refractivity contribution >= 4 is 40.8 Å². The summed E-state index contributed by atoms with van der Waals surface area (Å²) >= 11 is 12.6. The molecule has 0 aliphatic rings. The number of hydrogen-bond acceptors (Lipinski definition) is 4. The highest BCUT2D eigenvalue weighted by molar-refractivity contribution is 6.39. The van der Waals surface area contributed by atoms with E-state index in [4.69, 9.17) is 39.9 Å². The maximum absolute atomic E-state index is 10.9. The van der Waals surface area contributed by atoms with Gasteiger partial charge in [-0.15, -0.1) is 0 Å². The number of anilines is 1. The zero-order valence-corrected chi connectivity index (χ0v) is 13.9. The molecule has 126 valence electrons. The highest BCUT2D eigenvalue weighted by Gasteiger charge is 2.11. The second-order valence-electron chi connectivity index (χ2n) is 4.72. The van der Waals surface area contributed by atoms with E-state index in [0.717, 1.165) is 5.56 Å². The Morgan fingerprint density at radius 3 is 2.25 bits per heavy atom. The highest BCUT2D eigenvalue weighted by atomic mass is 35.5. The minimum atomic E-state index is -0.995. The number of nitrogens with one attached hydrogen (secondary N) is 2. The van der Waals surface area contributed by atoms with Gasteiger partial charge in [-0.05, 0) is 29.8 Å². The van der Waals surface area contributed by atoms with E-state index < -0.39 is 5.97 Å². The zero-order valence-electron chi connectivity index (χ0n) is 12.4. The van der Waals surface area contributed by atoms with E-state index in [0.29, 0.717) is 21.3 Å². The largest absolute Gasteiger partial charge is 0.478 e. The summed E-state index contributed by atoms with van der Waals surface area (Å²) in [5.74, 6) is 4.20. The van der Waals surface area contributed by atoms with Gasteiger partial charge in [-0.1, -0.05) is 35.3 Å². The van der Waals surface area contributed by atoms with Gasteiger partial charge in [-0.25, -0.2) is 15.6 Å². The second-order valence-corrected chi connectivity index (χ2v) is 5.53. The van der Waals surface area contributed by atoms with Crippen LogP contribution in [0.3, 0.4) is 0 Å². The smallest absolute Gasteiger partial charge is 0.335 e. The molecule has 7 nitrogen and oxygen atoms in total. The SMILES string of the molecule is NN/C(N)=N\CNc1cc(Cl)c(-c2ccc(C(=O)O)cc2)c(Cl)c1. The molecular formula is C15H15Cl2N5O2. The number of carboxylic acids is 1. The van der Waals surface area contributed by atoms with Crippen LogP contribution in [0.15, 0.2) is 41.4 Å². The number of halogens is 2. The molecule has 2 rings (SSSR count). The average Bonchev–Trinajstić information content (AvgIpc) is 2.54. The minimum absolute atomic E-state index is 0.0924. The third-order valence-electron chi connectivity index (χ3n) is 3.14. The summed E-state index contributed by atoms with van der Waals surface area (Å²) in [5.41, 5.74) is 9.80. The van der Waals surface area contributed by atoms with Gasteiger partial charge in [0.05, 0.1) is 15.6 Å². The van der Waals surface area contributed by atoms with Gasteiger partial charge in [0.25, 0.3) is 0 Å². The van der Waals surface area contributed by atoms with Crippen LogP contribution in [0.25, 0.3) is 11.1 Å². The van der Waals surface area contributed by atoms with Crippen LogP contribution in [0.5, 0.6) is 0 Å². The number of hydrazine groups is 1. The molecule has 24 heavy (non-hydrogen) atoms. The van der Waals surface area contributed by atoms with Crippen LogP contribution in [0, 0.1) is 0 Å². The lowest BCUT2D eigenvalue weighted by Gasteiger charge is -2.11. The molecule has 7 N–H and O–H groups in total. The van der Waals surface area contributed by atoms with E-state index in [1.165, 1.54) is 12.1 Å². The fourth-order valence-corrected chi connectivity index (χ4v) is 2.70. The van der Waals surface area contributed by atoms with Crippen LogP contribution in [-0.4, -0.2) is 23.7 Å². The molecule has 0 atom stereocenters. The van der Waals surface area contributed by atoms with Gasteiger partial charge in [-0.3, -0.25) is 5.43 Å². The number of rotatable bonds is 5. The van der Waals surface area contributed by atoms with Crippen molar-refractivity contribution in [2.45, 2.75) is 0 Å². The fourth-order valence-electron chi connectivity index (χ4n) is 1.99. The molecule has 0 spiro atoms. The van der Waals surface area contributed by atoms with Crippen LogP contribution in [0.2, 0.25) is 10.0 Å². The number of aliphatic imine (C=N–C) groups is 1. The minimum Gasteiger partial charge on any atom is -0.478 e. The first-order valence-electron chi connectivity index (χ1n) is 6.75. The standard InChI is InChI=1S/C15H15Cl2N5O2/c16-11-5-10(20-7-21-15(18)22-19)6-12(17)13(11)8-1-3-9(4-2-8)14(23)24/h1-6,20H,7,19H2,(H,23,24)(H3,18,21,22). The predicted octanol–water partition coefficient (Wildman–Crippen LogP) is 2.51. The van der Waals surface area contributed by atoms with Crippen LogP contribution in [0.4, 0.5) is 5.69 Å². The first-order valence-corrected chi connectivity index (χ1v) is 7.51. The van der Waals surface area contributed by atoms with E-state index in [1.807, 2.05) is 0 Å². The highest BCUT2D eigenvalue weighted by Crippen LogP contribution is 2.37. The first kappa shape index (κ1) is 17.9. The maximum atomic E-state index is 10.9. The average molecular weight is 368 g/mol. The summed E-state index contributed by atoms with van der Waals surface area (Å²) in [6.07, 6.45) is 0. The normalized spacial score (nSPS) is 11.2. The monoisotopic (exact) mass is 367 g/mol. The molecular weight excluding hydrogens is 353 g/mol. The fraction of sp³-hybridized carbons (Fsp3) is 0.0667. The lowest BCUT2D eigenvalue weighted by molar-refractivity contribution is 0.0697. The second kappa shape index (κ2) is 7.87. The van der Waals surface area contributed by atoms with Crippen molar-refractivity contribution in [1.82, 2.24) is 5.43 Å². The molecule has 0 aliphatic heterocycles. The third kappa shape index (κ3) is 4.29. The van der Waals surface area contributed by atoms with Crippen molar-refractivity contribution in [3.8, 4) is 11.1 Å². The molecule has 2 aromatic rings. The van der Waals surface area contributed by atoms with Gasteiger partial charge in [0.2, 0.25) is 5.96 Å². The number of nitrogens with zero attached hydrogens (tertiary/aromatic N) is 1. The summed E-state index contributed by atoms with van der Waals surface area (Å²) < 4.78 is 0. The van der Waals surface area contributed by atoms with Gasteiger partial charge < -0.3 is 16.2 Å². The van der Waals surface area contributed by atoms with Gasteiger partial charge >= 0.3 is 5.97 Å². The maximum Gasteiger partial charge on any atom is 0.335 e. The Morgan fingerprint density at radius 2 is 1.75 bits per heavy atom. The molecule has 0 radical (unpaired) electrons. The molecule has 0 unspecified atom stereocenters. The molecule has 0 saturated carbocycles. The summed E-state index contributed by atoms with van der Waals surface area (Å²) in [4.78, 5) is 14.8. The summed E-state index contributed by atoms with van der Waals surface area (Å²) in [6, 6.07) is 9.68. The molecule has 0 saturated heterocycles. The third-order valence-corrected chi connectivity index (χ3v) is 3.74. The van der Waals surface area contributed by atoms with Gasteiger partial charge in [0, 0.05) is 11.3 Å². The Hall–Kier alpha value is -2.48. The molecule has 0 heterocycles. The number of carbonyl (C=O) groups is 1. The van der Waals surface area contributed by atoms with Crippen molar-refractivity contribution in [1.29, 1.82) is 0 Å². The Balaban J connectivity index is 2.25. The Kier molecular flexibility index (Phi) is 5.86. The van der Waals surface area contributed by atoms with E-state index in [1.54, 1.807) is 24.3 Å². The molecule has 9 heteroatoms. The number of benzene rings is 2. The lowest BCUT2D eigenvalue weighted by Crippen LogP contribution is -2.37. The van der Waals surface area contributed by atoms with Crippen molar-refractivity contribution in [2.75, 3.05) is 12.0 Å². The quantitative estimate of drug-likeness (QED) is 0.239. The van der Waals surface area contributed by atoms with Gasteiger partial charge in [-0.2, -0.15) is 0 Å². The number of nitrogens with two attached hydrogens (primary N) is 2. The summed E-state index contributed by atoms with van der Waals surface area (Å²) in [7, 11) is 0. The van der Waals surface area contributed by atoms with Crippen molar-refractivity contribution in [3.05, 3.63) is 52.0 Å². The Bertz CT molecular complexity index is 755. The molecule has 0 aliphatic carbocycles. The van der Waals surface area contributed by atoms with Crippen LogP contribution >= 0.6 is 23.2 Å². The van der Waals surface area contributed by atoms with E-state index in [-0.39, 0.29) is 18.2 Å². The van der Waals surface area contributed by atoms with E-state index in [2.05, 4.69) is 15.7 Å². The Morgan fingerprint density at radius 1 is 1.17 bits per heavy atom. The molecule has 0 amide bonds. The van der Waals surface area contributed by atoms with Gasteiger partial charge in [0.15, 0.2) is 0 Å². The predicted molar refractivity (Wildman–Crippen MR) is 96.3 cm³/mol. The zero-order chi connectivity index (χ0) is 17.7. The van der Waals surface area contributed by atoms with E-state index >= 15 is 0 Å². The molecule has 0 aromatic heterocycles. The topological polar surface area (TPSA) is 126 Å². The van der Waals surface area contributed by atoms with Crippen LogP contribution in [-0.2, 0) is 0 Å². The first-order chi connectivity index (χ1) is 11.4. The number of hydrogen-bond donors (Lipinski definition) is 5. The van der Waals surface area contributed by atoms with Gasteiger partial charge in [0.1, 0.15) is 6.67 Å². The molecule has 2 aromatic carbocycles. The molecule has 0 bridgehead atoms. The number of carboxylic acid groups (broad SMARTS) is 1. The summed E-state index contributed by atoms with van der Waals surface area (Å²) in [5, 5.41) is 12.8. The summed E-state index contributed by atoms with van der Waals surface area (Å²) in [6.45, 7) is 0.190. The lowest BCUT2D eigenvalue weighted by atomic mass is 10.0. The number of aromatic carboxylic acids is 1. The van der Waals surface area contributed by atoms with E-state index in [9.17, 15) is 4.79 Å². The van der Waals surface area contributed by atoms with Crippen LogP contribution in [0.1, 0.15) is 10.4 Å². The van der Waals surface area contributed by atoms with Crippen molar-refractivity contribution < 1.29 is 9.90 Å². The Labute approximate surface area is 148 Å².